The van der Waals surface area contributed by atoms with Crippen molar-refractivity contribution >= 4 is 28.3 Å². The highest BCUT2D eigenvalue weighted by molar-refractivity contribution is 14.1. The number of aliphatic hydroxyl groups is 1. The molecule has 2 N–H and O–H groups in total. The van der Waals surface area contributed by atoms with Crippen LogP contribution in [0.1, 0.15) is 30.9 Å². The van der Waals surface area contributed by atoms with Crippen LogP contribution in [0.5, 0.6) is 0 Å². The molecule has 98 valence electrons. The fourth-order valence-electron chi connectivity index (χ4n) is 3.14. The highest BCUT2D eigenvalue weighted by Crippen LogP contribution is 2.45. The van der Waals surface area contributed by atoms with Crippen molar-refractivity contribution in [3.63, 3.8) is 0 Å². The van der Waals surface area contributed by atoms with Gasteiger partial charge in [-0.1, -0.05) is 0 Å². The van der Waals surface area contributed by atoms with E-state index in [1.54, 1.807) is 0 Å². The Labute approximate surface area is 121 Å². The normalized spacial score (nSPS) is 29.6. The van der Waals surface area contributed by atoms with E-state index in [1.165, 1.54) is 14.8 Å². The molecule has 2 aliphatic rings. The Bertz CT molecular complexity index is 438. The number of hydrogen-bond acceptors (Lipinski definition) is 3. The Hall–Kier alpha value is -0.330. The second-order valence-corrected chi connectivity index (χ2v) is 6.34. The summed E-state index contributed by atoms with van der Waals surface area (Å²) in [7, 11) is 0. The molecule has 0 spiro atoms. The molecule has 0 amide bonds. The van der Waals surface area contributed by atoms with Crippen LogP contribution >= 0.6 is 22.6 Å². The fourth-order valence-corrected chi connectivity index (χ4v) is 3.66. The summed E-state index contributed by atoms with van der Waals surface area (Å²) >= 11 is 2.35. The lowest BCUT2D eigenvalue weighted by atomic mass is 9.82. The first-order valence-corrected chi connectivity index (χ1v) is 7.66. The van der Waals surface area contributed by atoms with E-state index in [4.69, 9.17) is 9.84 Å². The van der Waals surface area contributed by atoms with E-state index in [0.29, 0.717) is 12.0 Å². The lowest BCUT2D eigenvalue weighted by molar-refractivity contribution is 0.0813. The molecular formula is C14H18INO2. The van der Waals surface area contributed by atoms with Crippen molar-refractivity contribution < 1.29 is 9.84 Å². The fraction of sp³-hybridized carbons (Fsp3) is 0.571. The number of benzene rings is 1. The van der Waals surface area contributed by atoms with Crippen molar-refractivity contribution in [1.82, 2.24) is 0 Å². The molecule has 3 nitrogen and oxygen atoms in total. The summed E-state index contributed by atoms with van der Waals surface area (Å²) in [4.78, 5) is 0. The highest BCUT2D eigenvalue weighted by Gasteiger charge is 2.40. The zero-order chi connectivity index (χ0) is 12.5. The van der Waals surface area contributed by atoms with Gasteiger partial charge in [-0.15, -0.1) is 0 Å². The molecular weight excluding hydrogens is 341 g/mol. The lowest BCUT2D eigenvalue weighted by Crippen LogP contribution is -2.36. The smallest absolute Gasteiger partial charge is 0.0893 e. The quantitative estimate of drug-likeness (QED) is 0.816. The molecule has 0 unspecified atom stereocenters. The maximum atomic E-state index is 9.01. The summed E-state index contributed by atoms with van der Waals surface area (Å²) < 4.78 is 7.20. The zero-order valence-electron chi connectivity index (χ0n) is 10.2. The molecule has 18 heavy (non-hydrogen) atoms. The molecule has 0 bridgehead atoms. The molecule has 0 saturated carbocycles. The van der Waals surface area contributed by atoms with Gasteiger partial charge >= 0.3 is 0 Å². The summed E-state index contributed by atoms with van der Waals surface area (Å²) in [5.74, 6) is 0.558. The predicted molar refractivity (Wildman–Crippen MR) is 79.7 cm³/mol. The molecule has 3 atom stereocenters. The number of aliphatic hydroxyl groups excluding tert-OH is 1. The van der Waals surface area contributed by atoms with E-state index in [0.717, 1.165) is 25.9 Å². The third-order valence-electron chi connectivity index (χ3n) is 3.99. The van der Waals surface area contributed by atoms with Gasteiger partial charge in [-0.3, -0.25) is 0 Å². The van der Waals surface area contributed by atoms with Crippen molar-refractivity contribution in [3.8, 4) is 0 Å². The number of halogens is 1. The summed E-state index contributed by atoms with van der Waals surface area (Å²) in [5.41, 5.74) is 2.52. The Morgan fingerprint density at radius 1 is 1.44 bits per heavy atom. The number of hydrogen-bond donors (Lipinski definition) is 2. The van der Waals surface area contributed by atoms with Crippen molar-refractivity contribution in [3.05, 3.63) is 27.3 Å². The van der Waals surface area contributed by atoms with Crippen molar-refractivity contribution in [1.29, 1.82) is 0 Å². The molecule has 2 heterocycles. The molecule has 4 heteroatoms. The topological polar surface area (TPSA) is 41.5 Å². The standard InChI is InChI=1S/C14H18INO2/c15-9-3-4-13-11(8-9)14-10(5-7-18-14)12(16-13)2-1-6-17/h3-4,8,10,12,14,16-17H,1-2,5-7H2/t10-,12+,14-/m0/s1. The third kappa shape index (κ3) is 2.26. The Morgan fingerprint density at radius 2 is 2.33 bits per heavy atom. The second-order valence-electron chi connectivity index (χ2n) is 5.09. The van der Waals surface area contributed by atoms with Crippen LogP contribution in [0.25, 0.3) is 0 Å². The summed E-state index contributed by atoms with van der Waals surface area (Å²) in [6.45, 7) is 1.13. The van der Waals surface area contributed by atoms with Crippen molar-refractivity contribution in [2.75, 3.05) is 18.5 Å². The van der Waals surface area contributed by atoms with Crippen LogP contribution in [0.15, 0.2) is 18.2 Å². The van der Waals surface area contributed by atoms with Gasteiger partial charge in [0.15, 0.2) is 0 Å². The van der Waals surface area contributed by atoms with E-state index >= 15 is 0 Å². The summed E-state index contributed by atoms with van der Waals surface area (Å²) in [5, 5.41) is 12.6. The molecule has 0 aliphatic carbocycles. The molecule has 1 saturated heterocycles. The average molecular weight is 359 g/mol. The van der Waals surface area contributed by atoms with Gasteiger partial charge in [-0.2, -0.15) is 0 Å². The van der Waals surface area contributed by atoms with Gasteiger partial charge in [0.1, 0.15) is 0 Å². The number of anilines is 1. The molecule has 3 rings (SSSR count). The minimum absolute atomic E-state index is 0.250. The van der Waals surface area contributed by atoms with Crippen LogP contribution in [-0.4, -0.2) is 24.4 Å². The van der Waals surface area contributed by atoms with E-state index in [9.17, 15) is 0 Å². The first-order valence-electron chi connectivity index (χ1n) is 6.58. The largest absolute Gasteiger partial charge is 0.396 e. The molecule has 0 aromatic heterocycles. The Morgan fingerprint density at radius 3 is 3.17 bits per heavy atom. The van der Waals surface area contributed by atoms with E-state index < -0.39 is 0 Å². The number of nitrogens with one attached hydrogen (secondary N) is 1. The Balaban J connectivity index is 1.89. The first kappa shape index (κ1) is 12.7. The van der Waals surface area contributed by atoms with Crippen LogP contribution in [-0.2, 0) is 4.74 Å². The van der Waals surface area contributed by atoms with Crippen molar-refractivity contribution in [2.24, 2.45) is 5.92 Å². The van der Waals surface area contributed by atoms with Crippen LogP contribution in [0.2, 0.25) is 0 Å². The number of ether oxygens (including phenoxy) is 1. The van der Waals surface area contributed by atoms with Gasteiger partial charge in [0, 0.05) is 40.0 Å². The maximum Gasteiger partial charge on any atom is 0.0893 e. The number of fused-ring (bicyclic) bond motifs is 3. The average Bonchev–Trinajstić information content (AvgIpc) is 2.86. The molecule has 1 aromatic rings. The van der Waals surface area contributed by atoms with Crippen LogP contribution in [0, 0.1) is 9.49 Å². The second kappa shape index (κ2) is 5.35. The molecule has 2 aliphatic heterocycles. The third-order valence-corrected chi connectivity index (χ3v) is 4.66. The van der Waals surface area contributed by atoms with Crippen LogP contribution in [0.3, 0.4) is 0 Å². The van der Waals surface area contributed by atoms with E-state index in [2.05, 4.69) is 46.1 Å². The van der Waals surface area contributed by atoms with Crippen LogP contribution < -0.4 is 5.32 Å². The van der Waals surface area contributed by atoms with Gasteiger partial charge < -0.3 is 15.2 Å². The highest BCUT2D eigenvalue weighted by atomic mass is 127. The Kier molecular flexibility index (Phi) is 3.77. The predicted octanol–water partition coefficient (Wildman–Crippen LogP) is 2.94. The van der Waals surface area contributed by atoms with Gasteiger partial charge in [-0.05, 0) is 60.1 Å². The van der Waals surface area contributed by atoms with Crippen molar-refractivity contribution in [2.45, 2.75) is 31.4 Å². The van der Waals surface area contributed by atoms with Gasteiger partial charge in [0.2, 0.25) is 0 Å². The van der Waals surface area contributed by atoms with Gasteiger partial charge in [0.25, 0.3) is 0 Å². The summed E-state index contributed by atoms with van der Waals surface area (Å²) in [6.07, 6.45) is 3.26. The minimum Gasteiger partial charge on any atom is -0.396 e. The minimum atomic E-state index is 0.250. The van der Waals surface area contributed by atoms with Crippen LogP contribution in [0.4, 0.5) is 5.69 Å². The maximum absolute atomic E-state index is 9.01. The van der Waals surface area contributed by atoms with E-state index in [-0.39, 0.29) is 12.7 Å². The number of rotatable bonds is 3. The van der Waals surface area contributed by atoms with E-state index in [1.807, 2.05) is 0 Å². The van der Waals surface area contributed by atoms with Gasteiger partial charge in [0.05, 0.1) is 6.10 Å². The molecule has 1 aromatic carbocycles. The molecule has 0 radical (unpaired) electrons. The first-order chi connectivity index (χ1) is 8.79. The monoisotopic (exact) mass is 359 g/mol. The summed E-state index contributed by atoms with van der Waals surface area (Å²) in [6, 6.07) is 6.96. The zero-order valence-corrected chi connectivity index (χ0v) is 12.4. The molecule has 1 fully saturated rings. The lowest BCUT2D eigenvalue weighted by Gasteiger charge is -2.36. The van der Waals surface area contributed by atoms with Gasteiger partial charge in [-0.25, -0.2) is 0 Å². The SMILES string of the molecule is OCCC[C@H]1Nc2ccc(I)cc2[C@H]2OCC[C@H]21.